The van der Waals surface area contributed by atoms with E-state index in [9.17, 15) is 9.50 Å². The van der Waals surface area contributed by atoms with Crippen molar-refractivity contribution in [2.45, 2.75) is 6.10 Å². The minimum atomic E-state index is -0.923. The van der Waals surface area contributed by atoms with Crippen LogP contribution in [0, 0.1) is 5.82 Å². The summed E-state index contributed by atoms with van der Waals surface area (Å²) >= 11 is 3.25. The molecule has 2 aromatic heterocycles. The highest BCUT2D eigenvalue weighted by Gasteiger charge is 2.12. The first-order valence-electron chi connectivity index (χ1n) is 4.56. The Hall–Kier alpha value is -1.33. The number of hydrogen-bond acceptors (Lipinski definition) is 3. The van der Waals surface area contributed by atoms with E-state index in [-0.39, 0.29) is 0 Å². The number of aliphatic hydroxyl groups excluding tert-OH is 1. The number of pyridine rings is 2. The van der Waals surface area contributed by atoms with Gasteiger partial charge in [-0.3, -0.25) is 9.97 Å². The van der Waals surface area contributed by atoms with Crippen molar-refractivity contribution in [3.63, 3.8) is 0 Å². The second kappa shape index (κ2) is 4.67. The van der Waals surface area contributed by atoms with Crippen LogP contribution < -0.4 is 0 Å². The van der Waals surface area contributed by atoms with Crippen molar-refractivity contribution in [1.29, 1.82) is 0 Å². The van der Waals surface area contributed by atoms with Crippen molar-refractivity contribution in [1.82, 2.24) is 9.97 Å². The molecule has 16 heavy (non-hydrogen) atoms. The van der Waals surface area contributed by atoms with Crippen molar-refractivity contribution >= 4 is 15.9 Å². The molecule has 2 aromatic rings. The molecule has 0 spiro atoms. The minimum absolute atomic E-state index is 0.403. The van der Waals surface area contributed by atoms with Gasteiger partial charge in [-0.15, -0.1) is 0 Å². The summed E-state index contributed by atoms with van der Waals surface area (Å²) in [7, 11) is 0. The minimum Gasteiger partial charge on any atom is -0.384 e. The third-order valence-electron chi connectivity index (χ3n) is 2.08. The maximum atomic E-state index is 12.9. The summed E-state index contributed by atoms with van der Waals surface area (Å²) in [6, 6.07) is 2.97. The van der Waals surface area contributed by atoms with E-state index in [1.807, 2.05) is 0 Å². The van der Waals surface area contributed by atoms with Gasteiger partial charge in [-0.2, -0.15) is 0 Å². The molecule has 0 amide bonds. The fourth-order valence-corrected chi connectivity index (χ4v) is 1.73. The van der Waals surface area contributed by atoms with Crippen LogP contribution in [0.5, 0.6) is 0 Å². The predicted octanol–water partition coefficient (Wildman–Crippen LogP) is 2.46. The monoisotopic (exact) mass is 282 g/mol. The van der Waals surface area contributed by atoms with Crippen molar-refractivity contribution < 1.29 is 9.50 Å². The SMILES string of the molecule is OC(c1cncc(F)c1)c1cncc(Br)c1. The number of aromatic nitrogens is 2. The van der Waals surface area contributed by atoms with E-state index in [0.717, 1.165) is 10.7 Å². The summed E-state index contributed by atoms with van der Waals surface area (Å²) in [5.41, 5.74) is 0.988. The number of nitrogens with zero attached hydrogens (tertiary/aromatic N) is 2. The molecule has 1 unspecified atom stereocenters. The molecule has 1 atom stereocenters. The quantitative estimate of drug-likeness (QED) is 0.920. The Morgan fingerprint density at radius 1 is 1.06 bits per heavy atom. The van der Waals surface area contributed by atoms with Crippen LogP contribution in [0.2, 0.25) is 0 Å². The Labute approximate surface area is 100 Å². The molecule has 2 heterocycles. The fraction of sp³-hybridized carbons (Fsp3) is 0.0909. The van der Waals surface area contributed by atoms with E-state index < -0.39 is 11.9 Å². The average Bonchev–Trinajstić information content (AvgIpc) is 2.28. The van der Waals surface area contributed by atoms with Gasteiger partial charge < -0.3 is 5.11 Å². The molecule has 0 aromatic carbocycles. The highest BCUT2D eigenvalue weighted by atomic mass is 79.9. The third kappa shape index (κ3) is 2.43. The van der Waals surface area contributed by atoms with Crippen molar-refractivity contribution in [3.8, 4) is 0 Å². The maximum Gasteiger partial charge on any atom is 0.141 e. The summed E-state index contributed by atoms with van der Waals surface area (Å²) in [4.78, 5) is 7.62. The molecule has 3 nitrogen and oxygen atoms in total. The Balaban J connectivity index is 2.35. The normalized spacial score (nSPS) is 12.4. The molecular formula is C11H8BrFN2O. The molecule has 2 rings (SSSR count). The van der Waals surface area contributed by atoms with Gasteiger partial charge in [-0.1, -0.05) is 0 Å². The van der Waals surface area contributed by atoms with Crippen LogP contribution in [0.25, 0.3) is 0 Å². The Morgan fingerprint density at radius 3 is 2.31 bits per heavy atom. The van der Waals surface area contributed by atoms with Crippen molar-refractivity contribution in [3.05, 3.63) is 58.3 Å². The molecule has 0 saturated carbocycles. The second-order valence-electron chi connectivity index (χ2n) is 3.28. The van der Waals surface area contributed by atoms with Gasteiger partial charge in [0, 0.05) is 34.2 Å². The van der Waals surface area contributed by atoms with E-state index in [4.69, 9.17) is 0 Å². The molecule has 0 radical (unpaired) electrons. The largest absolute Gasteiger partial charge is 0.384 e. The molecule has 5 heteroatoms. The lowest BCUT2D eigenvalue weighted by atomic mass is 10.1. The average molecular weight is 283 g/mol. The first-order valence-corrected chi connectivity index (χ1v) is 5.35. The molecule has 0 aliphatic rings. The molecule has 1 N–H and O–H groups in total. The van der Waals surface area contributed by atoms with Crippen LogP contribution in [0.4, 0.5) is 4.39 Å². The smallest absolute Gasteiger partial charge is 0.141 e. The molecule has 82 valence electrons. The van der Waals surface area contributed by atoms with Gasteiger partial charge in [0.1, 0.15) is 11.9 Å². The van der Waals surface area contributed by atoms with Crippen LogP contribution in [0.1, 0.15) is 17.2 Å². The van der Waals surface area contributed by atoms with E-state index in [1.54, 1.807) is 12.3 Å². The molecule has 0 saturated heterocycles. The highest BCUT2D eigenvalue weighted by Crippen LogP contribution is 2.23. The fourth-order valence-electron chi connectivity index (χ4n) is 1.35. The third-order valence-corrected chi connectivity index (χ3v) is 2.52. The molecule has 0 bridgehead atoms. The number of rotatable bonds is 2. The van der Waals surface area contributed by atoms with Gasteiger partial charge in [0.2, 0.25) is 0 Å². The zero-order valence-corrected chi connectivity index (χ0v) is 9.73. The first-order chi connectivity index (χ1) is 7.66. The van der Waals surface area contributed by atoms with Gasteiger partial charge in [0.25, 0.3) is 0 Å². The van der Waals surface area contributed by atoms with Gasteiger partial charge in [-0.05, 0) is 28.1 Å². The van der Waals surface area contributed by atoms with E-state index >= 15 is 0 Å². The van der Waals surface area contributed by atoms with E-state index in [2.05, 4.69) is 25.9 Å². The number of halogens is 2. The topological polar surface area (TPSA) is 46.0 Å². The lowest BCUT2D eigenvalue weighted by molar-refractivity contribution is 0.219. The highest BCUT2D eigenvalue weighted by molar-refractivity contribution is 9.10. The zero-order chi connectivity index (χ0) is 11.5. The summed E-state index contributed by atoms with van der Waals surface area (Å²) in [6.07, 6.45) is 4.73. The van der Waals surface area contributed by atoms with Gasteiger partial charge in [0.05, 0.1) is 6.20 Å². The number of aliphatic hydroxyl groups is 1. The van der Waals surface area contributed by atoms with Crippen LogP contribution in [-0.4, -0.2) is 15.1 Å². The van der Waals surface area contributed by atoms with Crippen LogP contribution in [0.3, 0.4) is 0 Å². The summed E-state index contributed by atoms with van der Waals surface area (Å²) < 4.78 is 13.7. The molecule has 0 fully saturated rings. The summed E-state index contributed by atoms with van der Waals surface area (Å²) in [5, 5.41) is 9.97. The number of hydrogen-bond donors (Lipinski definition) is 1. The standard InChI is InChI=1S/C11H8BrFN2O/c12-9-1-7(3-14-5-9)11(16)8-2-10(13)6-15-4-8/h1-6,11,16H. The molecule has 0 aliphatic heterocycles. The first kappa shape index (κ1) is 11.2. The Bertz CT molecular complexity index is 461. The van der Waals surface area contributed by atoms with Crippen LogP contribution >= 0.6 is 15.9 Å². The molecule has 0 aliphatic carbocycles. The maximum absolute atomic E-state index is 12.9. The Morgan fingerprint density at radius 2 is 1.69 bits per heavy atom. The van der Waals surface area contributed by atoms with Crippen molar-refractivity contribution in [2.24, 2.45) is 0 Å². The summed E-state index contributed by atoms with van der Waals surface area (Å²) in [5.74, 6) is -0.473. The van der Waals surface area contributed by atoms with Gasteiger partial charge in [-0.25, -0.2) is 4.39 Å². The lowest BCUT2D eigenvalue weighted by Crippen LogP contribution is -2.01. The summed E-state index contributed by atoms with van der Waals surface area (Å²) in [6.45, 7) is 0. The second-order valence-corrected chi connectivity index (χ2v) is 4.19. The van der Waals surface area contributed by atoms with Crippen LogP contribution in [-0.2, 0) is 0 Å². The van der Waals surface area contributed by atoms with E-state index in [0.29, 0.717) is 11.1 Å². The van der Waals surface area contributed by atoms with Gasteiger partial charge in [0.15, 0.2) is 0 Å². The Kier molecular flexibility index (Phi) is 3.26. The molecular weight excluding hydrogens is 275 g/mol. The van der Waals surface area contributed by atoms with Crippen molar-refractivity contribution in [2.75, 3.05) is 0 Å². The predicted molar refractivity (Wildman–Crippen MR) is 60.2 cm³/mol. The van der Waals surface area contributed by atoms with Crippen LogP contribution in [0.15, 0.2) is 41.4 Å². The van der Waals surface area contributed by atoms with Gasteiger partial charge >= 0.3 is 0 Å². The van der Waals surface area contributed by atoms with E-state index in [1.165, 1.54) is 18.5 Å². The zero-order valence-electron chi connectivity index (χ0n) is 8.14. The lowest BCUT2D eigenvalue weighted by Gasteiger charge is -2.10.